The fraction of sp³-hybridized carbons (Fsp3) is 0.583. The molecule has 0 aromatic carbocycles. The Hall–Kier alpha value is -1.47. The number of hydrogen-bond donors (Lipinski definition) is 1. The molecule has 0 spiro atoms. The second-order valence-electron chi connectivity index (χ2n) is 4.13. The lowest BCUT2D eigenvalue weighted by Gasteiger charge is -2.27. The number of carbonyl (C=O) groups is 1. The van der Waals surface area contributed by atoms with E-state index in [0.717, 1.165) is 18.9 Å². The lowest BCUT2D eigenvalue weighted by molar-refractivity contribution is -0.142. The van der Waals surface area contributed by atoms with E-state index in [2.05, 4.69) is 14.9 Å². The number of H-pyrrole nitrogens is 1. The second-order valence-corrected chi connectivity index (χ2v) is 4.57. The van der Waals surface area contributed by atoms with Crippen LogP contribution in [-0.4, -0.2) is 48.8 Å². The third kappa shape index (κ3) is 4.00. The van der Waals surface area contributed by atoms with E-state index < -0.39 is 0 Å². The van der Waals surface area contributed by atoms with Gasteiger partial charge in [0.25, 0.3) is 0 Å². The first-order valence-corrected chi connectivity index (χ1v) is 6.68. The van der Waals surface area contributed by atoms with Crippen molar-refractivity contribution in [2.24, 2.45) is 0 Å². The summed E-state index contributed by atoms with van der Waals surface area (Å²) >= 11 is 5.17. The van der Waals surface area contributed by atoms with Crippen molar-refractivity contribution in [3.63, 3.8) is 0 Å². The molecule has 7 heteroatoms. The number of nitrogens with one attached hydrogen (secondary N) is 1. The summed E-state index contributed by atoms with van der Waals surface area (Å²) in [6.45, 7) is 5.07. The van der Waals surface area contributed by atoms with Crippen molar-refractivity contribution in [3.05, 3.63) is 16.5 Å². The van der Waals surface area contributed by atoms with Crippen molar-refractivity contribution in [3.8, 4) is 0 Å². The van der Waals surface area contributed by atoms with Gasteiger partial charge in [-0.15, -0.1) is 0 Å². The minimum atomic E-state index is -0.306. The van der Waals surface area contributed by atoms with E-state index in [-0.39, 0.29) is 12.4 Å². The van der Waals surface area contributed by atoms with Gasteiger partial charge in [0, 0.05) is 19.2 Å². The maximum absolute atomic E-state index is 11.5. The molecule has 2 rings (SSSR count). The number of morpholine rings is 1. The molecular formula is C12H17N3O3S. The van der Waals surface area contributed by atoms with E-state index in [9.17, 15) is 4.79 Å². The Labute approximate surface area is 116 Å². The minimum Gasteiger partial charge on any atom is -0.466 e. The number of anilines is 1. The fourth-order valence-corrected chi connectivity index (χ4v) is 2.10. The number of esters is 1. The van der Waals surface area contributed by atoms with Crippen molar-refractivity contribution < 1.29 is 14.3 Å². The second kappa shape index (κ2) is 6.63. The van der Waals surface area contributed by atoms with Crippen LogP contribution in [0.25, 0.3) is 0 Å². The Morgan fingerprint density at radius 2 is 2.32 bits per heavy atom. The number of aromatic amines is 1. The largest absolute Gasteiger partial charge is 0.466 e. The molecule has 0 aliphatic carbocycles. The maximum atomic E-state index is 11.5. The lowest BCUT2D eigenvalue weighted by atomic mass is 10.3. The standard InChI is InChI=1S/C12H17N3O3S/c1-2-18-12(16)7-9-13-10(8-11(19)14-9)15-3-5-17-6-4-15/h8H,2-7H2,1H3,(H,13,14,19). The minimum absolute atomic E-state index is 0.107. The van der Waals surface area contributed by atoms with Gasteiger partial charge in [-0.25, -0.2) is 4.98 Å². The Balaban J connectivity index is 2.14. The summed E-state index contributed by atoms with van der Waals surface area (Å²) in [4.78, 5) is 20.9. The van der Waals surface area contributed by atoms with Gasteiger partial charge in [0.05, 0.1) is 19.8 Å². The van der Waals surface area contributed by atoms with Gasteiger partial charge in [0.15, 0.2) is 0 Å². The molecule has 0 unspecified atom stereocenters. The first-order valence-electron chi connectivity index (χ1n) is 6.27. The molecule has 1 aliphatic rings. The molecule has 2 heterocycles. The Morgan fingerprint density at radius 1 is 1.58 bits per heavy atom. The molecule has 1 aliphatic heterocycles. The summed E-state index contributed by atoms with van der Waals surface area (Å²) in [5.74, 6) is 1.01. The molecule has 19 heavy (non-hydrogen) atoms. The molecule has 104 valence electrons. The van der Waals surface area contributed by atoms with Crippen LogP contribution < -0.4 is 4.90 Å². The highest BCUT2D eigenvalue weighted by atomic mass is 32.1. The Bertz CT molecular complexity index is 497. The average Bonchev–Trinajstić information content (AvgIpc) is 2.39. The first kappa shape index (κ1) is 14.0. The van der Waals surface area contributed by atoms with Gasteiger partial charge in [-0.2, -0.15) is 0 Å². The number of carbonyl (C=O) groups excluding carboxylic acids is 1. The zero-order chi connectivity index (χ0) is 13.7. The third-order valence-electron chi connectivity index (χ3n) is 2.73. The van der Waals surface area contributed by atoms with Crippen molar-refractivity contribution >= 4 is 24.0 Å². The Kier molecular flexibility index (Phi) is 4.86. The predicted molar refractivity (Wildman–Crippen MR) is 72.8 cm³/mol. The molecule has 0 bridgehead atoms. The van der Waals surface area contributed by atoms with E-state index in [1.165, 1.54) is 0 Å². The lowest BCUT2D eigenvalue weighted by Crippen LogP contribution is -2.37. The molecule has 1 aromatic heterocycles. The highest BCUT2D eigenvalue weighted by Crippen LogP contribution is 2.13. The fourth-order valence-electron chi connectivity index (χ4n) is 1.88. The number of aromatic nitrogens is 2. The molecule has 1 aromatic rings. The van der Waals surface area contributed by atoms with Gasteiger partial charge >= 0.3 is 5.97 Å². The van der Waals surface area contributed by atoms with Gasteiger partial charge in [0.1, 0.15) is 22.7 Å². The summed E-state index contributed by atoms with van der Waals surface area (Å²) in [5.41, 5.74) is 0. The van der Waals surface area contributed by atoms with E-state index >= 15 is 0 Å². The highest BCUT2D eigenvalue weighted by Gasteiger charge is 2.14. The molecule has 1 saturated heterocycles. The van der Waals surface area contributed by atoms with E-state index in [4.69, 9.17) is 21.7 Å². The van der Waals surface area contributed by atoms with Crippen LogP contribution in [0.5, 0.6) is 0 Å². The van der Waals surface area contributed by atoms with E-state index in [1.807, 2.05) is 0 Å². The van der Waals surface area contributed by atoms with Crippen LogP contribution in [0, 0.1) is 4.64 Å². The summed E-state index contributed by atoms with van der Waals surface area (Å²) in [5, 5.41) is 0. The van der Waals surface area contributed by atoms with Gasteiger partial charge < -0.3 is 19.4 Å². The molecular weight excluding hydrogens is 266 g/mol. The molecule has 6 nitrogen and oxygen atoms in total. The zero-order valence-corrected chi connectivity index (χ0v) is 11.7. The summed E-state index contributed by atoms with van der Waals surface area (Å²) in [6, 6.07) is 1.80. The molecule has 1 N–H and O–H groups in total. The van der Waals surface area contributed by atoms with Crippen LogP contribution in [0.15, 0.2) is 6.07 Å². The number of rotatable bonds is 4. The average molecular weight is 283 g/mol. The summed E-state index contributed by atoms with van der Waals surface area (Å²) < 4.78 is 10.8. The quantitative estimate of drug-likeness (QED) is 0.659. The topological polar surface area (TPSA) is 67.4 Å². The van der Waals surface area contributed by atoms with E-state index in [1.54, 1.807) is 13.0 Å². The van der Waals surface area contributed by atoms with Crippen molar-refractivity contribution in [1.82, 2.24) is 9.97 Å². The highest BCUT2D eigenvalue weighted by molar-refractivity contribution is 7.71. The summed E-state index contributed by atoms with van der Waals surface area (Å²) in [7, 11) is 0. The Morgan fingerprint density at radius 3 is 3.00 bits per heavy atom. The van der Waals surface area contributed by atoms with Crippen LogP contribution in [-0.2, 0) is 20.7 Å². The molecule has 0 saturated carbocycles. The number of ether oxygens (including phenoxy) is 2. The van der Waals surface area contributed by atoms with Gasteiger partial charge in [-0.1, -0.05) is 12.2 Å². The van der Waals surface area contributed by atoms with Gasteiger partial charge in [0.2, 0.25) is 0 Å². The SMILES string of the molecule is CCOC(=O)Cc1nc(N2CCOCC2)cc(=S)[nH]1. The predicted octanol–water partition coefficient (Wildman–Crippen LogP) is 1.08. The molecule has 0 radical (unpaired) electrons. The monoisotopic (exact) mass is 283 g/mol. The molecule has 0 atom stereocenters. The zero-order valence-electron chi connectivity index (χ0n) is 10.8. The van der Waals surface area contributed by atoms with Crippen LogP contribution in [0.2, 0.25) is 0 Å². The first-order chi connectivity index (χ1) is 9.19. The van der Waals surface area contributed by atoms with Crippen LogP contribution in [0.3, 0.4) is 0 Å². The van der Waals surface area contributed by atoms with Crippen LogP contribution >= 0.6 is 12.2 Å². The third-order valence-corrected chi connectivity index (χ3v) is 2.95. The van der Waals surface area contributed by atoms with Crippen molar-refractivity contribution in [2.75, 3.05) is 37.8 Å². The summed E-state index contributed by atoms with van der Waals surface area (Å²) in [6.07, 6.45) is 0.107. The van der Waals surface area contributed by atoms with Gasteiger partial charge in [-0.3, -0.25) is 4.79 Å². The maximum Gasteiger partial charge on any atom is 0.313 e. The normalized spacial score (nSPS) is 15.3. The van der Waals surface area contributed by atoms with Crippen molar-refractivity contribution in [2.45, 2.75) is 13.3 Å². The van der Waals surface area contributed by atoms with Crippen LogP contribution in [0.4, 0.5) is 5.82 Å². The molecule has 1 fully saturated rings. The smallest absolute Gasteiger partial charge is 0.313 e. The molecule has 0 amide bonds. The van der Waals surface area contributed by atoms with Gasteiger partial charge in [-0.05, 0) is 6.92 Å². The number of nitrogens with zero attached hydrogens (tertiary/aromatic N) is 2. The van der Waals surface area contributed by atoms with E-state index in [0.29, 0.717) is 30.3 Å². The van der Waals surface area contributed by atoms with Crippen molar-refractivity contribution in [1.29, 1.82) is 0 Å². The van der Waals surface area contributed by atoms with Crippen LogP contribution in [0.1, 0.15) is 12.7 Å². The number of hydrogen-bond acceptors (Lipinski definition) is 6.